The maximum Gasteiger partial charge on any atom is 0.316 e. The Balaban J connectivity index is 1.85. The molecule has 2 heterocycles. The number of hydrogen-bond acceptors (Lipinski definition) is 4. The molecule has 2 aliphatic rings. The molecule has 2 fully saturated rings. The molecule has 0 spiro atoms. The molecule has 2 rings (SSSR count). The zero-order valence-corrected chi connectivity index (χ0v) is 10.7. The molecular weight excluding hydrogens is 224 g/mol. The molecule has 2 amide bonds. The molecule has 2 aliphatic heterocycles. The summed E-state index contributed by atoms with van der Waals surface area (Å²) in [6.45, 7) is 4.75. The number of carbonyl (C=O) groups is 1. The van der Waals surface area contributed by atoms with Crippen LogP contribution >= 0.6 is 0 Å². The van der Waals surface area contributed by atoms with Crippen LogP contribution in [0.4, 0.5) is 4.79 Å². The zero-order valence-electron chi connectivity index (χ0n) is 10.7. The van der Waals surface area contributed by atoms with Gasteiger partial charge in [-0.2, -0.15) is 0 Å². The van der Waals surface area contributed by atoms with Gasteiger partial charge in [0.05, 0.1) is 6.61 Å². The average molecular weight is 244 g/mol. The number of rotatable bonds is 2. The lowest BCUT2D eigenvalue weighted by atomic mass is 10.1. The summed E-state index contributed by atoms with van der Waals surface area (Å²) in [6, 6.07) is -0.129. The monoisotopic (exact) mass is 244 g/mol. The summed E-state index contributed by atoms with van der Waals surface area (Å²) in [5.74, 6) is -0.553. The molecule has 0 aliphatic carbocycles. The third-order valence-electron chi connectivity index (χ3n) is 2.92. The number of nitrogens with zero attached hydrogens (tertiary/aromatic N) is 1. The molecule has 0 aromatic carbocycles. The van der Waals surface area contributed by atoms with Crippen molar-refractivity contribution in [2.24, 2.45) is 0 Å². The molecule has 2 saturated heterocycles. The van der Waals surface area contributed by atoms with E-state index >= 15 is 0 Å². The van der Waals surface area contributed by atoms with Crippen LogP contribution in [0.2, 0.25) is 0 Å². The minimum atomic E-state index is -0.553. The molecule has 6 nitrogen and oxygen atoms in total. The van der Waals surface area contributed by atoms with Crippen molar-refractivity contribution >= 4 is 6.03 Å². The van der Waals surface area contributed by atoms with Gasteiger partial charge in [-0.25, -0.2) is 4.79 Å². The first-order chi connectivity index (χ1) is 7.89. The van der Waals surface area contributed by atoms with Crippen molar-refractivity contribution in [1.82, 2.24) is 10.2 Å². The van der Waals surface area contributed by atoms with E-state index in [0.29, 0.717) is 13.2 Å². The van der Waals surface area contributed by atoms with Crippen LogP contribution in [0.25, 0.3) is 0 Å². The first-order valence-electron chi connectivity index (χ1n) is 5.81. The lowest BCUT2D eigenvalue weighted by Crippen LogP contribution is -2.43. The Morgan fingerprint density at radius 2 is 2.12 bits per heavy atom. The van der Waals surface area contributed by atoms with Crippen LogP contribution in [-0.2, 0) is 14.2 Å². The fourth-order valence-corrected chi connectivity index (χ4v) is 2.14. The molecule has 0 unspecified atom stereocenters. The predicted molar refractivity (Wildman–Crippen MR) is 60.7 cm³/mol. The molecular formula is C11H20N2O4. The van der Waals surface area contributed by atoms with E-state index in [1.165, 1.54) is 4.90 Å². The number of urea groups is 1. The van der Waals surface area contributed by atoms with Gasteiger partial charge in [0.15, 0.2) is 5.79 Å². The fourth-order valence-electron chi connectivity index (χ4n) is 2.14. The Morgan fingerprint density at radius 3 is 2.76 bits per heavy atom. The van der Waals surface area contributed by atoms with Gasteiger partial charge in [0, 0.05) is 20.6 Å². The highest BCUT2D eigenvalue weighted by molar-refractivity contribution is 5.73. The van der Waals surface area contributed by atoms with Gasteiger partial charge in [-0.05, 0) is 13.8 Å². The van der Waals surface area contributed by atoms with Crippen LogP contribution < -0.4 is 5.32 Å². The van der Waals surface area contributed by atoms with Crippen LogP contribution in [0.15, 0.2) is 0 Å². The van der Waals surface area contributed by atoms with E-state index in [9.17, 15) is 4.79 Å². The van der Waals surface area contributed by atoms with Crippen molar-refractivity contribution in [3.63, 3.8) is 0 Å². The van der Waals surface area contributed by atoms with Gasteiger partial charge in [0.1, 0.15) is 18.3 Å². The van der Waals surface area contributed by atoms with Crippen molar-refractivity contribution in [1.29, 1.82) is 0 Å². The normalized spacial score (nSPS) is 34.5. The quantitative estimate of drug-likeness (QED) is 0.752. The second-order valence-electron chi connectivity index (χ2n) is 5.09. The standard InChI is InChI=1S/C11H20N2O4/c1-11(2)16-8-6-15-7(9(8)17-11)5-12-10(14)13(3)4/h7-9H,5-6H2,1-4H3,(H,12,14)/t7-,8+,9+/m1/s1. The van der Waals surface area contributed by atoms with E-state index in [-0.39, 0.29) is 24.3 Å². The van der Waals surface area contributed by atoms with Crippen molar-refractivity contribution < 1.29 is 19.0 Å². The summed E-state index contributed by atoms with van der Waals surface area (Å²) in [6.07, 6.45) is -0.246. The molecule has 0 aromatic rings. The van der Waals surface area contributed by atoms with Crippen LogP contribution in [0, 0.1) is 0 Å². The summed E-state index contributed by atoms with van der Waals surface area (Å²) < 4.78 is 17.0. The maximum atomic E-state index is 11.4. The minimum Gasteiger partial charge on any atom is -0.371 e. The predicted octanol–water partition coefficient (Wildman–Crippen LogP) is 0.177. The molecule has 0 saturated carbocycles. The van der Waals surface area contributed by atoms with E-state index in [0.717, 1.165) is 0 Å². The van der Waals surface area contributed by atoms with Gasteiger partial charge in [-0.15, -0.1) is 0 Å². The lowest BCUT2D eigenvalue weighted by molar-refractivity contribution is -0.174. The Morgan fingerprint density at radius 1 is 1.41 bits per heavy atom. The molecule has 0 aromatic heterocycles. The van der Waals surface area contributed by atoms with Gasteiger partial charge in [-0.3, -0.25) is 0 Å². The van der Waals surface area contributed by atoms with Gasteiger partial charge in [0.2, 0.25) is 0 Å². The van der Waals surface area contributed by atoms with Crippen molar-refractivity contribution in [3.8, 4) is 0 Å². The molecule has 0 bridgehead atoms. The molecule has 6 heteroatoms. The van der Waals surface area contributed by atoms with E-state index in [2.05, 4.69) is 5.32 Å². The molecule has 17 heavy (non-hydrogen) atoms. The molecule has 0 radical (unpaired) electrons. The highest BCUT2D eigenvalue weighted by Gasteiger charge is 2.49. The van der Waals surface area contributed by atoms with Crippen molar-refractivity contribution in [2.75, 3.05) is 27.2 Å². The molecule has 1 N–H and O–H groups in total. The van der Waals surface area contributed by atoms with E-state index in [4.69, 9.17) is 14.2 Å². The van der Waals surface area contributed by atoms with E-state index < -0.39 is 5.79 Å². The Hall–Kier alpha value is -0.850. The number of fused-ring (bicyclic) bond motifs is 1. The smallest absolute Gasteiger partial charge is 0.316 e. The topological polar surface area (TPSA) is 60.0 Å². The molecule has 3 atom stereocenters. The first kappa shape index (κ1) is 12.6. The molecule has 98 valence electrons. The second-order valence-corrected chi connectivity index (χ2v) is 5.09. The second kappa shape index (κ2) is 4.44. The van der Waals surface area contributed by atoms with Crippen LogP contribution in [-0.4, -0.2) is 62.3 Å². The highest BCUT2D eigenvalue weighted by Crippen LogP contribution is 2.34. The van der Waals surface area contributed by atoms with Crippen LogP contribution in [0.1, 0.15) is 13.8 Å². The summed E-state index contributed by atoms with van der Waals surface area (Å²) in [5.41, 5.74) is 0. The van der Waals surface area contributed by atoms with Gasteiger partial charge in [0.25, 0.3) is 0 Å². The summed E-state index contributed by atoms with van der Waals surface area (Å²) >= 11 is 0. The Labute approximate surface area is 101 Å². The van der Waals surface area contributed by atoms with E-state index in [1.807, 2.05) is 13.8 Å². The fraction of sp³-hybridized carbons (Fsp3) is 0.909. The Kier molecular flexibility index (Phi) is 3.29. The number of ether oxygens (including phenoxy) is 3. The summed E-state index contributed by atoms with van der Waals surface area (Å²) in [5, 5.41) is 2.79. The van der Waals surface area contributed by atoms with Crippen molar-refractivity contribution in [2.45, 2.75) is 37.9 Å². The zero-order chi connectivity index (χ0) is 12.6. The number of carbonyl (C=O) groups excluding carboxylic acids is 1. The van der Waals surface area contributed by atoms with E-state index in [1.54, 1.807) is 14.1 Å². The minimum absolute atomic E-state index is 0.0220. The van der Waals surface area contributed by atoms with Gasteiger partial charge >= 0.3 is 6.03 Å². The third kappa shape index (κ3) is 2.70. The average Bonchev–Trinajstić information content (AvgIpc) is 2.70. The maximum absolute atomic E-state index is 11.4. The largest absolute Gasteiger partial charge is 0.371 e. The van der Waals surface area contributed by atoms with Gasteiger partial charge in [-0.1, -0.05) is 0 Å². The van der Waals surface area contributed by atoms with Gasteiger partial charge < -0.3 is 24.4 Å². The highest BCUT2D eigenvalue weighted by atomic mass is 16.8. The lowest BCUT2D eigenvalue weighted by Gasteiger charge is -2.22. The first-order valence-corrected chi connectivity index (χ1v) is 5.81. The van der Waals surface area contributed by atoms with Crippen molar-refractivity contribution in [3.05, 3.63) is 0 Å². The number of hydrogen-bond donors (Lipinski definition) is 1. The Bertz CT molecular complexity index is 306. The SMILES string of the molecule is CN(C)C(=O)NC[C@H]1OC[C@@H]2OC(C)(C)O[C@H]21. The third-order valence-corrected chi connectivity index (χ3v) is 2.92. The van der Waals surface area contributed by atoms with Crippen LogP contribution in [0.5, 0.6) is 0 Å². The number of amides is 2. The summed E-state index contributed by atoms with van der Waals surface area (Å²) in [7, 11) is 3.40. The summed E-state index contributed by atoms with van der Waals surface area (Å²) in [4.78, 5) is 12.9. The number of nitrogens with one attached hydrogen (secondary N) is 1. The van der Waals surface area contributed by atoms with Crippen LogP contribution in [0.3, 0.4) is 0 Å².